The first-order valence-corrected chi connectivity index (χ1v) is 8.06. The van der Waals surface area contributed by atoms with Crippen LogP contribution in [-0.2, 0) is 17.5 Å². The topological polar surface area (TPSA) is 29.5 Å². The van der Waals surface area contributed by atoms with Crippen molar-refractivity contribution in [1.82, 2.24) is 4.90 Å². The molecule has 0 radical (unpaired) electrons. The van der Waals surface area contributed by atoms with Crippen LogP contribution >= 0.6 is 0 Å². The first kappa shape index (κ1) is 17.5. The molecule has 0 bridgehead atoms. The molecule has 0 amide bonds. The minimum atomic E-state index is -4.41. The van der Waals surface area contributed by atoms with Crippen LogP contribution in [0.1, 0.15) is 27.9 Å². The number of alkyl halides is 3. The van der Waals surface area contributed by atoms with Gasteiger partial charge in [0, 0.05) is 19.6 Å². The molecule has 0 saturated carbocycles. The van der Waals surface area contributed by atoms with E-state index in [9.17, 15) is 18.0 Å². The van der Waals surface area contributed by atoms with Crippen molar-refractivity contribution in [2.45, 2.75) is 25.2 Å². The average molecular weight is 349 g/mol. The Hall–Kier alpha value is -2.34. The maximum absolute atomic E-state index is 12.5. The fourth-order valence-electron chi connectivity index (χ4n) is 2.89. The molecule has 3 rings (SSSR count). The summed E-state index contributed by atoms with van der Waals surface area (Å²) in [5.74, 6) is -0.583. The summed E-state index contributed by atoms with van der Waals surface area (Å²) in [6.07, 6.45) is -3.93. The van der Waals surface area contributed by atoms with Gasteiger partial charge < -0.3 is 4.74 Å². The van der Waals surface area contributed by atoms with Crippen LogP contribution in [0, 0.1) is 0 Å². The first-order valence-electron chi connectivity index (χ1n) is 8.06. The Morgan fingerprint density at radius 3 is 2.40 bits per heavy atom. The number of carbonyl (C=O) groups excluding carboxylic acids is 1. The van der Waals surface area contributed by atoms with Gasteiger partial charge in [0.15, 0.2) is 0 Å². The third kappa shape index (κ3) is 4.60. The minimum Gasteiger partial charge on any atom is -0.457 e. The van der Waals surface area contributed by atoms with Crippen LogP contribution in [-0.4, -0.2) is 30.1 Å². The Labute approximate surface area is 144 Å². The third-order valence-corrected chi connectivity index (χ3v) is 4.20. The lowest BCUT2D eigenvalue weighted by Gasteiger charge is -2.16. The zero-order chi connectivity index (χ0) is 17.9. The highest BCUT2D eigenvalue weighted by molar-refractivity contribution is 5.89. The summed E-state index contributed by atoms with van der Waals surface area (Å²) >= 11 is 0. The molecule has 1 heterocycles. The van der Waals surface area contributed by atoms with Gasteiger partial charge in [-0.25, -0.2) is 4.79 Å². The van der Waals surface area contributed by atoms with Crippen molar-refractivity contribution < 1.29 is 22.7 Å². The summed E-state index contributed by atoms with van der Waals surface area (Å²) < 4.78 is 43.1. The largest absolute Gasteiger partial charge is 0.457 e. The Kier molecular flexibility index (Phi) is 5.08. The zero-order valence-corrected chi connectivity index (χ0v) is 13.5. The van der Waals surface area contributed by atoms with Gasteiger partial charge in [0.2, 0.25) is 0 Å². The normalized spacial score (nSPS) is 18.3. The van der Waals surface area contributed by atoms with Gasteiger partial charge in [-0.3, -0.25) is 4.90 Å². The summed E-state index contributed by atoms with van der Waals surface area (Å²) in [5.41, 5.74) is 0.547. The predicted molar refractivity (Wildman–Crippen MR) is 87.0 cm³/mol. The van der Waals surface area contributed by atoms with Crippen molar-refractivity contribution in [1.29, 1.82) is 0 Å². The van der Waals surface area contributed by atoms with E-state index in [1.54, 1.807) is 0 Å². The minimum absolute atomic E-state index is 0.134. The van der Waals surface area contributed by atoms with Crippen LogP contribution in [0.3, 0.4) is 0 Å². The van der Waals surface area contributed by atoms with Gasteiger partial charge in [-0.15, -0.1) is 0 Å². The molecule has 1 atom stereocenters. The van der Waals surface area contributed by atoms with E-state index in [1.807, 2.05) is 30.3 Å². The quantitative estimate of drug-likeness (QED) is 0.777. The first-order chi connectivity index (χ1) is 11.9. The number of nitrogens with zero attached hydrogens (tertiary/aromatic N) is 1. The molecule has 132 valence electrons. The van der Waals surface area contributed by atoms with Crippen LogP contribution in [0.15, 0.2) is 54.6 Å². The Morgan fingerprint density at radius 1 is 1.08 bits per heavy atom. The van der Waals surface area contributed by atoms with Crippen molar-refractivity contribution in [2.24, 2.45) is 0 Å². The summed E-state index contributed by atoms with van der Waals surface area (Å²) in [5, 5.41) is 0. The fourth-order valence-corrected chi connectivity index (χ4v) is 2.89. The molecule has 0 aliphatic carbocycles. The van der Waals surface area contributed by atoms with E-state index in [4.69, 9.17) is 4.74 Å². The van der Waals surface area contributed by atoms with Gasteiger partial charge in [-0.2, -0.15) is 13.2 Å². The predicted octanol–water partition coefficient (Wildman–Crippen LogP) is 4.14. The van der Waals surface area contributed by atoms with Crippen LogP contribution in [0.2, 0.25) is 0 Å². The number of rotatable bonds is 4. The highest BCUT2D eigenvalue weighted by Crippen LogP contribution is 2.29. The molecule has 0 N–H and O–H groups in total. The number of benzene rings is 2. The van der Waals surface area contributed by atoms with Gasteiger partial charge in [0.1, 0.15) is 6.10 Å². The van der Waals surface area contributed by atoms with E-state index >= 15 is 0 Å². The van der Waals surface area contributed by atoms with E-state index < -0.39 is 17.7 Å². The molecule has 1 fully saturated rings. The molecule has 2 aromatic carbocycles. The number of hydrogen-bond acceptors (Lipinski definition) is 3. The maximum Gasteiger partial charge on any atom is 0.416 e. The van der Waals surface area contributed by atoms with Gasteiger partial charge in [0.05, 0.1) is 11.1 Å². The molecule has 1 aliphatic rings. The molecular weight excluding hydrogens is 331 g/mol. The van der Waals surface area contributed by atoms with Crippen LogP contribution < -0.4 is 0 Å². The Bertz CT molecular complexity index is 714. The Morgan fingerprint density at radius 2 is 1.76 bits per heavy atom. The summed E-state index contributed by atoms with van der Waals surface area (Å²) in [7, 11) is 0. The van der Waals surface area contributed by atoms with Gasteiger partial charge in [-0.1, -0.05) is 30.3 Å². The third-order valence-electron chi connectivity index (χ3n) is 4.20. The molecule has 1 aliphatic heterocycles. The summed E-state index contributed by atoms with van der Waals surface area (Å²) in [6.45, 7) is 2.23. The van der Waals surface area contributed by atoms with Crippen molar-refractivity contribution >= 4 is 5.97 Å². The lowest BCUT2D eigenvalue weighted by Crippen LogP contribution is -2.24. The number of hydrogen-bond donors (Lipinski definition) is 0. The standard InChI is InChI=1S/C19H18F3NO2/c20-19(21,22)16-8-6-15(7-9-16)18(24)25-17-10-11-23(13-17)12-14-4-2-1-3-5-14/h1-9,17H,10-13H2/t17-/m1/s1. The fraction of sp³-hybridized carbons (Fsp3) is 0.316. The highest BCUT2D eigenvalue weighted by Gasteiger charge is 2.31. The van der Waals surface area contributed by atoms with Crippen molar-refractivity contribution in [3.63, 3.8) is 0 Å². The highest BCUT2D eigenvalue weighted by atomic mass is 19.4. The lowest BCUT2D eigenvalue weighted by atomic mass is 10.1. The molecule has 1 saturated heterocycles. The lowest BCUT2D eigenvalue weighted by molar-refractivity contribution is -0.137. The Balaban J connectivity index is 1.53. The van der Waals surface area contributed by atoms with Crippen molar-refractivity contribution in [3.05, 3.63) is 71.3 Å². The van der Waals surface area contributed by atoms with Gasteiger partial charge in [-0.05, 0) is 36.2 Å². The maximum atomic E-state index is 12.5. The molecule has 6 heteroatoms. The van der Waals surface area contributed by atoms with E-state index in [1.165, 1.54) is 5.56 Å². The monoisotopic (exact) mass is 349 g/mol. The number of esters is 1. The van der Waals surface area contributed by atoms with E-state index in [0.29, 0.717) is 6.54 Å². The van der Waals surface area contributed by atoms with Gasteiger partial charge >= 0.3 is 12.1 Å². The summed E-state index contributed by atoms with van der Waals surface area (Å²) in [6, 6.07) is 14.1. The molecule has 0 unspecified atom stereocenters. The SMILES string of the molecule is O=C(O[C@@H]1CCN(Cc2ccccc2)C1)c1ccc(C(F)(F)F)cc1. The number of carbonyl (C=O) groups is 1. The zero-order valence-electron chi connectivity index (χ0n) is 13.5. The van der Waals surface area contributed by atoms with Crippen LogP contribution in [0.25, 0.3) is 0 Å². The smallest absolute Gasteiger partial charge is 0.416 e. The molecule has 2 aromatic rings. The van der Waals surface area contributed by atoms with Crippen LogP contribution in [0.4, 0.5) is 13.2 Å². The number of ether oxygens (including phenoxy) is 1. The average Bonchev–Trinajstić information content (AvgIpc) is 3.02. The van der Waals surface area contributed by atoms with Crippen molar-refractivity contribution in [2.75, 3.05) is 13.1 Å². The molecule has 3 nitrogen and oxygen atoms in total. The molecule has 0 aromatic heterocycles. The number of likely N-dealkylation sites (tertiary alicyclic amines) is 1. The molecule has 25 heavy (non-hydrogen) atoms. The second kappa shape index (κ2) is 7.27. The second-order valence-electron chi connectivity index (χ2n) is 6.11. The van der Waals surface area contributed by atoms with E-state index in [2.05, 4.69) is 4.90 Å². The van der Waals surface area contributed by atoms with E-state index in [0.717, 1.165) is 43.8 Å². The summed E-state index contributed by atoms with van der Waals surface area (Å²) in [4.78, 5) is 14.3. The number of halogens is 3. The van der Waals surface area contributed by atoms with Gasteiger partial charge in [0.25, 0.3) is 0 Å². The van der Waals surface area contributed by atoms with Crippen molar-refractivity contribution in [3.8, 4) is 0 Å². The molecule has 0 spiro atoms. The van der Waals surface area contributed by atoms with Crippen LogP contribution in [0.5, 0.6) is 0 Å². The van der Waals surface area contributed by atoms with E-state index in [-0.39, 0.29) is 11.7 Å². The molecular formula is C19H18F3NO2. The second-order valence-corrected chi connectivity index (χ2v) is 6.11.